The molecule has 0 bridgehead atoms. The van der Waals surface area contributed by atoms with Crippen molar-refractivity contribution in [3.05, 3.63) is 33.3 Å². The molecular formula is C11H13BrClN. The highest BCUT2D eigenvalue weighted by Gasteiger charge is 2.15. The van der Waals surface area contributed by atoms with Crippen LogP contribution >= 0.6 is 27.5 Å². The van der Waals surface area contributed by atoms with Crippen molar-refractivity contribution in [2.24, 2.45) is 0 Å². The fourth-order valence-electron chi connectivity index (χ4n) is 1.90. The summed E-state index contributed by atoms with van der Waals surface area (Å²) >= 11 is 9.51. The molecule has 1 aliphatic rings. The molecular weight excluding hydrogens is 261 g/mol. The molecule has 1 atom stereocenters. The molecule has 76 valence electrons. The van der Waals surface area contributed by atoms with Gasteiger partial charge in [-0.2, -0.15) is 0 Å². The van der Waals surface area contributed by atoms with Gasteiger partial charge in [-0.1, -0.05) is 27.5 Å². The molecule has 1 N–H and O–H groups in total. The second-order valence-corrected chi connectivity index (χ2v) is 5.02. The van der Waals surface area contributed by atoms with E-state index in [1.165, 1.54) is 18.4 Å². The quantitative estimate of drug-likeness (QED) is 0.871. The summed E-state index contributed by atoms with van der Waals surface area (Å²) in [4.78, 5) is 0. The minimum absolute atomic E-state index is 0.629. The van der Waals surface area contributed by atoms with E-state index in [4.69, 9.17) is 11.6 Å². The van der Waals surface area contributed by atoms with Crippen LogP contribution in [0.25, 0.3) is 0 Å². The minimum Gasteiger partial charge on any atom is -0.314 e. The first-order chi connectivity index (χ1) is 6.75. The van der Waals surface area contributed by atoms with Crippen molar-refractivity contribution in [3.8, 4) is 0 Å². The van der Waals surface area contributed by atoms with Gasteiger partial charge in [-0.3, -0.25) is 0 Å². The van der Waals surface area contributed by atoms with E-state index < -0.39 is 0 Å². The molecule has 0 aromatic heterocycles. The van der Waals surface area contributed by atoms with Crippen LogP contribution in [0.4, 0.5) is 0 Å². The monoisotopic (exact) mass is 273 g/mol. The smallest absolute Gasteiger partial charge is 0.0409 e. The second-order valence-electron chi connectivity index (χ2n) is 3.73. The van der Waals surface area contributed by atoms with Crippen molar-refractivity contribution in [2.45, 2.75) is 25.3 Å². The third kappa shape index (κ3) is 2.50. The number of nitrogens with one attached hydrogen (secondary N) is 1. The van der Waals surface area contributed by atoms with Gasteiger partial charge in [0.2, 0.25) is 0 Å². The highest BCUT2D eigenvalue weighted by atomic mass is 79.9. The Kier molecular flexibility index (Phi) is 3.47. The van der Waals surface area contributed by atoms with Crippen molar-refractivity contribution in [3.63, 3.8) is 0 Å². The molecule has 1 aromatic carbocycles. The van der Waals surface area contributed by atoms with Crippen molar-refractivity contribution in [1.82, 2.24) is 5.32 Å². The van der Waals surface area contributed by atoms with Crippen molar-refractivity contribution in [1.29, 1.82) is 0 Å². The normalized spacial score (nSPS) is 21.4. The molecule has 0 amide bonds. The Bertz CT molecular complexity index is 321. The van der Waals surface area contributed by atoms with Crippen LogP contribution in [0.5, 0.6) is 0 Å². The van der Waals surface area contributed by atoms with Crippen LogP contribution in [-0.2, 0) is 6.42 Å². The third-order valence-corrected chi connectivity index (χ3v) is 3.65. The van der Waals surface area contributed by atoms with E-state index in [0.29, 0.717) is 6.04 Å². The van der Waals surface area contributed by atoms with E-state index in [0.717, 1.165) is 22.5 Å². The largest absolute Gasteiger partial charge is 0.314 e. The highest BCUT2D eigenvalue weighted by Crippen LogP contribution is 2.23. The molecule has 0 aliphatic carbocycles. The van der Waals surface area contributed by atoms with Crippen molar-refractivity contribution < 1.29 is 0 Å². The topological polar surface area (TPSA) is 12.0 Å². The lowest BCUT2D eigenvalue weighted by Crippen LogP contribution is -2.23. The van der Waals surface area contributed by atoms with E-state index >= 15 is 0 Å². The average molecular weight is 275 g/mol. The maximum atomic E-state index is 5.96. The van der Waals surface area contributed by atoms with Crippen LogP contribution < -0.4 is 5.32 Å². The second kappa shape index (κ2) is 4.65. The lowest BCUT2D eigenvalue weighted by Gasteiger charge is -2.11. The Labute approximate surface area is 98.0 Å². The molecule has 3 heteroatoms. The Morgan fingerprint density at radius 3 is 3.07 bits per heavy atom. The van der Waals surface area contributed by atoms with Gasteiger partial charge < -0.3 is 5.32 Å². The zero-order valence-corrected chi connectivity index (χ0v) is 10.2. The minimum atomic E-state index is 0.629. The summed E-state index contributed by atoms with van der Waals surface area (Å²) in [5, 5.41) is 4.31. The first-order valence-corrected chi connectivity index (χ1v) is 6.10. The summed E-state index contributed by atoms with van der Waals surface area (Å²) < 4.78 is 1.16. The fourth-order valence-corrected chi connectivity index (χ4v) is 2.50. The van der Waals surface area contributed by atoms with Crippen LogP contribution in [0.1, 0.15) is 18.4 Å². The van der Waals surface area contributed by atoms with E-state index in [2.05, 4.69) is 21.2 Å². The molecule has 1 unspecified atom stereocenters. The molecule has 14 heavy (non-hydrogen) atoms. The summed E-state index contributed by atoms with van der Waals surface area (Å²) in [6.07, 6.45) is 3.64. The molecule has 1 aliphatic heterocycles. The zero-order valence-electron chi connectivity index (χ0n) is 7.89. The Morgan fingerprint density at radius 1 is 1.50 bits per heavy atom. The molecule has 2 rings (SSSR count). The molecule has 0 radical (unpaired) electrons. The number of hydrogen-bond acceptors (Lipinski definition) is 1. The van der Waals surface area contributed by atoms with Gasteiger partial charge in [-0.25, -0.2) is 0 Å². The van der Waals surface area contributed by atoms with Gasteiger partial charge in [0.15, 0.2) is 0 Å². The first-order valence-electron chi connectivity index (χ1n) is 4.93. The average Bonchev–Trinajstić information content (AvgIpc) is 2.64. The van der Waals surface area contributed by atoms with Gasteiger partial charge >= 0.3 is 0 Å². The summed E-state index contributed by atoms with van der Waals surface area (Å²) in [6, 6.07) is 6.61. The lowest BCUT2D eigenvalue weighted by molar-refractivity contribution is 0.602. The molecule has 1 saturated heterocycles. The summed E-state index contributed by atoms with van der Waals surface area (Å²) in [6.45, 7) is 1.16. The maximum absolute atomic E-state index is 5.96. The number of hydrogen-bond donors (Lipinski definition) is 1. The van der Waals surface area contributed by atoms with Gasteiger partial charge in [-0.15, -0.1) is 0 Å². The molecule has 1 aromatic rings. The molecule has 1 fully saturated rings. The maximum Gasteiger partial charge on any atom is 0.0409 e. The summed E-state index contributed by atoms with van der Waals surface area (Å²) in [5.41, 5.74) is 1.30. The highest BCUT2D eigenvalue weighted by molar-refractivity contribution is 9.10. The van der Waals surface area contributed by atoms with Crippen LogP contribution in [-0.4, -0.2) is 12.6 Å². The van der Waals surface area contributed by atoms with Crippen molar-refractivity contribution >= 4 is 27.5 Å². The predicted molar refractivity (Wildman–Crippen MR) is 63.9 cm³/mol. The molecule has 1 heterocycles. The Hall–Kier alpha value is -0.0500. The Morgan fingerprint density at radius 2 is 2.36 bits per heavy atom. The standard InChI is InChI=1S/C11H13BrClN/c12-11-4-3-9(13)6-8(11)7-10-2-1-5-14-10/h3-4,6,10,14H,1-2,5,7H2. The first kappa shape index (κ1) is 10.5. The van der Waals surface area contributed by atoms with Gasteiger partial charge in [0, 0.05) is 15.5 Å². The van der Waals surface area contributed by atoms with Crippen molar-refractivity contribution in [2.75, 3.05) is 6.54 Å². The van der Waals surface area contributed by atoms with E-state index in [-0.39, 0.29) is 0 Å². The van der Waals surface area contributed by atoms with Gasteiger partial charge in [0.1, 0.15) is 0 Å². The molecule has 0 spiro atoms. The van der Waals surface area contributed by atoms with Gasteiger partial charge in [-0.05, 0) is 49.6 Å². The number of rotatable bonds is 2. The zero-order chi connectivity index (χ0) is 9.97. The SMILES string of the molecule is Clc1ccc(Br)c(CC2CCCN2)c1. The van der Waals surface area contributed by atoms with E-state index in [9.17, 15) is 0 Å². The Balaban J connectivity index is 2.10. The van der Waals surface area contributed by atoms with Crippen LogP contribution in [0, 0.1) is 0 Å². The molecule has 0 saturated carbocycles. The van der Waals surface area contributed by atoms with Crippen LogP contribution in [0.15, 0.2) is 22.7 Å². The third-order valence-electron chi connectivity index (χ3n) is 2.64. The molecule has 1 nitrogen and oxygen atoms in total. The van der Waals surface area contributed by atoms with Gasteiger partial charge in [0.25, 0.3) is 0 Å². The van der Waals surface area contributed by atoms with Gasteiger partial charge in [0.05, 0.1) is 0 Å². The van der Waals surface area contributed by atoms with Crippen LogP contribution in [0.3, 0.4) is 0 Å². The fraction of sp³-hybridized carbons (Fsp3) is 0.455. The van der Waals surface area contributed by atoms with E-state index in [1.54, 1.807) is 0 Å². The van der Waals surface area contributed by atoms with Crippen LogP contribution in [0.2, 0.25) is 5.02 Å². The number of halogens is 2. The number of benzene rings is 1. The van der Waals surface area contributed by atoms with E-state index in [1.807, 2.05) is 18.2 Å². The summed E-state index contributed by atoms with van der Waals surface area (Å²) in [5.74, 6) is 0. The summed E-state index contributed by atoms with van der Waals surface area (Å²) in [7, 11) is 0. The lowest BCUT2D eigenvalue weighted by atomic mass is 10.1. The predicted octanol–water partition coefficient (Wildman–Crippen LogP) is 3.40.